The largest absolute Gasteiger partial charge is 0.385 e. The number of pyridine rings is 3. The Hall–Kier alpha value is -2.33. The molecule has 0 saturated carbocycles. The molecule has 11 nitrogen and oxygen atoms in total. The zero-order valence-electron chi connectivity index (χ0n) is 14.8. The van der Waals surface area contributed by atoms with Gasteiger partial charge in [0.25, 0.3) is 0 Å². The van der Waals surface area contributed by atoms with E-state index < -0.39 is 15.2 Å². The third kappa shape index (κ3) is 4.64. The van der Waals surface area contributed by atoms with E-state index in [9.17, 15) is 18.9 Å². The van der Waals surface area contributed by atoms with Crippen LogP contribution in [0.15, 0.2) is 48.8 Å². The van der Waals surface area contributed by atoms with Gasteiger partial charge in [-0.05, 0) is 48.9 Å². The molecular weight excluding hydrogens is 424 g/mol. The second-order valence-electron chi connectivity index (χ2n) is 5.92. The van der Waals surface area contributed by atoms with E-state index in [2.05, 4.69) is 24.3 Å². The van der Waals surface area contributed by atoms with E-state index in [1.165, 1.54) is 18.5 Å². The van der Waals surface area contributed by atoms with Crippen molar-refractivity contribution in [3.8, 4) is 22.8 Å². The first-order valence-corrected chi connectivity index (χ1v) is 11.1. The lowest BCUT2D eigenvalue weighted by Crippen LogP contribution is -2.11. The van der Waals surface area contributed by atoms with Crippen LogP contribution < -0.4 is 10.6 Å². The molecule has 0 radical (unpaired) electrons. The zero-order chi connectivity index (χ0) is 21.2. The van der Waals surface area contributed by atoms with Crippen molar-refractivity contribution in [2.75, 3.05) is 0 Å². The highest BCUT2D eigenvalue weighted by atomic mass is 31.2. The van der Waals surface area contributed by atoms with Gasteiger partial charge < -0.3 is 9.79 Å². The van der Waals surface area contributed by atoms with Crippen LogP contribution in [0.5, 0.6) is 0 Å². The van der Waals surface area contributed by atoms with Gasteiger partial charge in [0, 0.05) is 12.4 Å². The third-order valence-electron chi connectivity index (χ3n) is 3.87. The molecule has 29 heavy (non-hydrogen) atoms. The van der Waals surface area contributed by atoms with Crippen molar-refractivity contribution in [2.24, 2.45) is 0 Å². The molecule has 4 N–H and O–H groups in total. The van der Waals surface area contributed by atoms with Gasteiger partial charge in [-0.25, -0.2) is 15.5 Å². The fourth-order valence-electron chi connectivity index (χ4n) is 2.45. The zero-order valence-corrected chi connectivity index (χ0v) is 16.6. The lowest BCUT2D eigenvalue weighted by molar-refractivity contribution is -0.143. The highest BCUT2D eigenvalue weighted by Gasteiger charge is 2.27. The summed E-state index contributed by atoms with van der Waals surface area (Å²) in [4.78, 5) is 32.1. The van der Waals surface area contributed by atoms with Crippen molar-refractivity contribution in [3.05, 3.63) is 54.4 Å². The second-order valence-corrected chi connectivity index (χ2v) is 9.36. The normalized spacial score (nSPS) is 15.5. The quantitative estimate of drug-likeness (QED) is 0.252. The summed E-state index contributed by atoms with van der Waals surface area (Å²) in [5.41, 5.74) is 1.45. The summed E-state index contributed by atoms with van der Waals surface area (Å²) >= 11 is 0. The van der Waals surface area contributed by atoms with Crippen LogP contribution in [0.1, 0.15) is 5.56 Å². The number of aryl methyl sites for hydroxylation is 1. The summed E-state index contributed by atoms with van der Waals surface area (Å²) in [6.45, 7) is 1.82. The number of aromatic nitrogens is 3. The summed E-state index contributed by atoms with van der Waals surface area (Å²) in [7, 11) is -9.08. The molecule has 0 aromatic carbocycles. The molecule has 0 aliphatic rings. The van der Waals surface area contributed by atoms with Crippen LogP contribution in [-0.2, 0) is 18.5 Å². The maximum absolute atomic E-state index is 12.2. The lowest BCUT2D eigenvalue weighted by atomic mass is 10.1. The lowest BCUT2D eigenvalue weighted by Gasteiger charge is -2.12. The maximum atomic E-state index is 12.2. The Bertz CT molecular complexity index is 1160. The Morgan fingerprint density at radius 3 is 1.79 bits per heavy atom. The van der Waals surface area contributed by atoms with E-state index in [0.29, 0.717) is 5.69 Å². The molecule has 3 rings (SSSR count). The number of hydrogen-bond acceptors (Lipinski definition) is 9. The van der Waals surface area contributed by atoms with Crippen LogP contribution in [0.3, 0.4) is 0 Å². The first-order chi connectivity index (χ1) is 13.7. The molecular formula is C16H15N3O8P2. The Morgan fingerprint density at radius 2 is 1.24 bits per heavy atom. The van der Waals surface area contributed by atoms with Gasteiger partial charge in [0.2, 0.25) is 0 Å². The highest BCUT2D eigenvalue weighted by Crippen LogP contribution is 2.42. The van der Waals surface area contributed by atoms with Gasteiger partial charge in [-0.1, -0.05) is 0 Å². The Labute approximate surface area is 164 Å². The van der Waals surface area contributed by atoms with Gasteiger partial charge in [0.15, 0.2) is 0 Å². The predicted octanol–water partition coefficient (Wildman–Crippen LogP) is 2.11. The van der Waals surface area contributed by atoms with Crippen molar-refractivity contribution in [1.29, 1.82) is 0 Å². The van der Waals surface area contributed by atoms with Crippen molar-refractivity contribution in [3.63, 3.8) is 0 Å². The monoisotopic (exact) mass is 439 g/mol. The average molecular weight is 439 g/mol. The van der Waals surface area contributed by atoms with Gasteiger partial charge in [0.1, 0.15) is 0 Å². The van der Waals surface area contributed by atoms with Gasteiger partial charge >= 0.3 is 15.2 Å². The molecule has 0 aliphatic heterocycles. The summed E-state index contributed by atoms with van der Waals surface area (Å²) < 4.78 is 31.4. The molecule has 152 valence electrons. The van der Waals surface area contributed by atoms with Crippen LogP contribution in [0.25, 0.3) is 22.8 Å². The van der Waals surface area contributed by atoms with Crippen LogP contribution in [0, 0.1) is 6.92 Å². The van der Waals surface area contributed by atoms with E-state index in [1.807, 2.05) is 6.92 Å². The van der Waals surface area contributed by atoms with Gasteiger partial charge in [-0.2, -0.15) is 0 Å². The molecule has 2 unspecified atom stereocenters. The molecule has 0 amide bonds. The van der Waals surface area contributed by atoms with Crippen LogP contribution in [-0.4, -0.2) is 35.3 Å². The topological polar surface area (TPSA) is 172 Å². The number of nitrogens with zero attached hydrogens (tertiary/aromatic N) is 3. The second kappa shape index (κ2) is 8.19. The SMILES string of the molecule is Cc1ccnc(-c2cc(P(=O)(O)OO)cc(-c3cc(P(=O)(O)OO)ccn3)n2)c1. The van der Waals surface area contributed by atoms with Crippen molar-refractivity contribution in [1.82, 2.24) is 15.0 Å². The minimum Gasteiger partial charge on any atom is -0.319 e. The molecule has 0 saturated heterocycles. The van der Waals surface area contributed by atoms with Crippen molar-refractivity contribution >= 4 is 25.8 Å². The molecule has 13 heteroatoms. The van der Waals surface area contributed by atoms with Crippen molar-refractivity contribution < 1.29 is 38.8 Å². The molecule has 0 fully saturated rings. The highest BCUT2D eigenvalue weighted by molar-refractivity contribution is 7.61. The average Bonchev–Trinajstić information content (AvgIpc) is 2.73. The third-order valence-corrected chi connectivity index (χ3v) is 6.15. The molecule has 3 heterocycles. The Balaban J connectivity index is 2.23. The first-order valence-electron chi connectivity index (χ1n) is 7.91. The van der Waals surface area contributed by atoms with E-state index in [4.69, 9.17) is 10.5 Å². The Morgan fingerprint density at radius 1 is 0.759 bits per heavy atom. The van der Waals surface area contributed by atoms with E-state index in [1.54, 1.807) is 12.1 Å². The van der Waals surface area contributed by atoms with Gasteiger partial charge in [0.05, 0.1) is 33.4 Å². The summed E-state index contributed by atoms with van der Waals surface area (Å²) in [6.07, 6.45) is 2.70. The van der Waals surface area contributed by atoms with Gasteiger partial charge in [-0.3, -0.25) is 19.1 Å². The fraction of sp³-hybridized carbons (Fsp3) is 0.0625. The van der Waals surface area contributed by atoms with Crippen molar-refractivity contribution in [2.45, 2.75) is 6.92 Å². The first kappa shape index (κ1) is 21.4. The number of rotatable bonds is 6. The summed E-state index contributed by atoms with van der Waals surface area (Å²) in [5.74, 6) is 0. The fourth-order valence-corrected chi connectivity index (χ4v) is 3.75. The predicted molar refractivity (Wildman–Crippen MR) is 102 cm³/mol. The maximum Gasteiger partial charge on any atom is 0.385 e. The standard InChI is InChI=1S/C16H15N3O8P2/c1-10-2-4-17-13(6-10)15-8-12(29(24,25)27-21)9-16(19-15)14-7-11(3-5-18-14)28(22,23)26-20/h2-9,20-21H,1H3,(H,22,23)(H,24,25). The molecule has 0 bridgehead atoms. The van der Waals surface area contributed by atoms with Crippen LogP contribution in [0.2, 0.25) is 0 Å². The van der Waals surface area contributed by atoms with E-state index >= 15 is 0 Å². The Kier molecular flexibility index (Phi) is 6.04. The molecule has 3 aromatic rings. The summed E-state index contributed by atoms with van der Waals surface area (Å²) in [6, 6.07) is 8.06. The summed E-state index contributed by atoms with van der Waals surface area (Å²) in [5, 5.41) is 16.9. The van der Waals surface area contributed by atoms with E-state index in [-0.39, 0.29) is 27.7 Å². The molecule has 0 spiro atoms. The van der Waals surface area contributed by atoms with Crippen LogP contribution in [0.4, 0.5) is 0 Å². The minimum absolute atomic E-state index is 0.0203. The molecule has 3 aromatic heterocycles. The number of hydrogen-bond donors (Lipinski definition) is 4. The van der Waals surface area contributed by atoms with E-state index in [0.717, 1.165) is 23.8 Å². The van der Waals surface area contributed by atoms with Crippen LogP contribution >= 0.6 is 15.2 Å². The smallest absolute Gasteiger partial charge is 0.319 e. The van der Waals surface area contributed by atoms with Gasteiger partial charge in [-0.15, -0.1) is 9.35 Å². The molecule has 2 atom stereocenters. The minimum atomic E-state index is -4.59. The molecule has 0 aliphatic carbocycles.